The van der Waals surface area contributed by atoms with Gasteiger partial charge in [0, 0.05) is 55.7 Å². The predicted octanol–water partition coefficient (Wildman–Crippen LogP) is 7.15. The average Bonchev–Trinajstić information content (AvgIpc) is 3.70. The summed E-state index contributed by atoms with van der Waals surface area (Å²) in [5.74, 6) is 0. The summed E-state index contributed by atoms with van der Waals surface area (Å²) in [5.41, 5.74) is 25.4. The number of hydrogen-bond donors (Lipinski definition) is 4. The van der Waals surface area contributed by atoms with E-state index < -0.39 is 0 Å². The van der Waals surface area contributed by atoms with Crippen LogP contribution in [0.1, 0.15) is 22.8 Å². The van der Waals surface area contributed by atoms with Gasteiger partial charge in [0.25, 0.3) is 0 Å². The van der Waals surface area contributed by atoms with E-state index in [1.54, 1.807) is 0 Å². The molecule has 2 aliphatic heterocycles. The summed E-state index contributed by atoms with van der Waals surface area (Å²) < 4.78 is 0. The van der Waals surface area contributed by atoms with Gasteiger partial charge < -0.3 is 21.4 Å². The molecule has 0 fully saturated rings. The molecule has 8 bridgehead atoms. The topological polar surface area (TPSA) is 109 Å². The van der Waals surface area contributed by atoms with Crippen molar-refractivity contribution in [1.82, 2.24) is 19.9 Å². The Balaban J connectivity index is 1.66. The molecule has 0 saturated heterocycles. The Morgan fingerprint density at radius 1 is 0.474 bits per heavy atom. The van der Waals surface area contributed by atoms with Crippen molar-refractivity contribution in [2.45, 2.75) is 0 Å². The van der Waals surface area contributed by atoms with E-state index in [4.69, 9.17) is 21.4 Å². The lowest BCUT2D eigenvalue weighted by molar-refractivity contribution is 1.31. The van der Waals surface area contributed by atoms with Crippen molar-refractivity contribution in [3.8, 4) is 22.3 Å². The zero-order valence-electron chi connectivity index (χ0n) is 20.4. The molecule has 2 aromatic carbocycles. The van der Waals surface area contributed by atoms with Crippen molar-refractivity contribution in [2.24, 2.45) is 0 Å². The van der Waals surface area contributed by atoms with E-state index in [1.807, 2.05) is 97.1 Å². The number of nitrogen functional groups attached to an aromatic ring is 2. The van der Waals surface area contributed by atoms with Crippen LogP contribution in [0.15, 0.2) is 84.9 Å². The molecule has 0 atom stereocenters. The Kier molecular flexibility index (Phi) is 4.97. The van der Waals surface area contributed by atoms with Gasteiger partial charge in [-0.1, -0.05) is 36.4 Å². The summed E-state index contributed by atoms with van der Waals surface area (Å²) >= 11 is 0. The summed E-state index contributed by atoms with van der Waals surface area (Å²) in [7, 11) is 0. The van der Waals surface area contributed by atoms with Gasteiger partial charge in [0.1, 0.15) is 0 Å². The smallest absolute Gasteiger partial charge is 0.0658 e. The second-order valence-electron chi connectivity index (χ2n) is 9.41. The molecule has 6 nitrogen and oxygen atoms in total. The third-order valence-corrected chi connectivity index (χ3v) is 6.81. The molecule has 0 unspecified atom stereocenters. The molecule has 5 heterocycles. The third-order valence-electron chi connectivity index (χ3n) is 6.81. The van der Waals surface area contributed by atoms with Crippen molar-refractivity contribution >= 4 is 57.7 Å². The molecule has 0 spiro atoms. The van der Waals surface area contributed by atoms with E-state index in [9.17, 15) is 0 Å². The van der Waals surface area contributed by atoms with Gasteiger partial charge in [-0.25, -0.2) is 9.97 Å². The maximum Gasteiger partial charge on any atom is 0.0658 e. The number of para-hydroxylation sites is 2. The number of nitrogens with one attached hydrogen (secondary N) is 2. The molecule has 182 valence electrons. The third kappa shape index (κ3) is 3.85. The molecule has 6 heteroatoms. The summed E-state index contributed by atoms with van der Waals surface area (Å²) in [6.07, 6.45) is 8.07. The number of benzene rings is 2. The first-order chi connectivity index (χ1) is 18.6. The minimum Gasteiger partial charge on any atom is -0.398 e. The first kappa shape index (κ1) is 21.9. The number of anilines is 2. The number of H-pyrrole nitrogens is 2. The highest BCUT2D eigenvalue weighted by atomic mass is 14.8. The van der Waals surface area contributed by atoms with Crippen LogP contribution in [0.3, 0.4) is 0 Å². The average molecular weight is 493 g/mol. The van der Waals surface area contributed by atoms with Crippen LogP contribution in [0.25, 0.3) is 68.6 Å². The number of nitrogens with zero attached hydrogens (tertiary/aromatic N) is 2. The highest BCUT2D eigenvalue weighted by Crippen LogP contribution is 2.43. The number of aromatic nitrogens is 4. The van der Waals surface area contributed by atoms with Crippen LogP contribution < -0.4 is 11.5 Å². The quantitative estimate of drug-likeness (QED) is 0.192. The fourth-order valence-electron chi connectivity index (χ4n) is 5.09. The van der Waals surface area contributed by atoms with E-state index in [1.165, 1.54) is 0 Å². The van der Waals surface area contributed by atoms with E-state index in [0.29, 0.717) is 11.4 Å². The molecule has 0 amide bonds. The Morgan fingerprint density at radius 3 is 1.34 bits per heavy atom. The summed E-state index contributed by atoms with van der Waals surface area (Å²) in [4.78, 5) is 16.8. The summed E-state index contributed by atoms with van der Waals surface area (Å²) in [6.45, 7) is 0. The van der Waals surface area contributed by atoms with Crippen LogP contribution in [-0.4, -0.2) is 19.9 Å². The maximum absolute atomic E-state index is 6.54. The Labute approximate surface area is 219 Å². The Bertz CT molecular complexity index is 1820. The van der Waals surface area contributed by atoms with Crippen LogP contribution in [0.4, 0.5) is 11.4 Å². The zero-order chi connectivity index (χ0) is 25.6. The van der Waals surface area contributed by atoms with Crippen molar-refractivity contribution in [2.75, 3.05) is 11.5 Å². The second-order valence-corrected chi connectivity index (χ2v) is 9.41. The van der Waals surface area contributed by atoms with Gasteiger partial charge in [-0.15, -0.1) is 0 Å². The second kappa shape index (κ2) is 8.64. The van der Waals surface area contributed by atoms with Gasteiger partial charge in [-0.3, -0.25) is 0 Å². The number of fused-ring (bicyclic) bond motifs is 8. The standard InChI is InChI=1S/C32H24N6/c33-27-7-3-1-5-25(27)31-29-17-23-13-11-21(36-23)15-19-9-10-20(35-19)16-22-12-14-24(37-22)18-30(38-29)32(31)26-6-2-4-8-28(26)34/h1-18,35,38H,33-34H2. The Morgan fingerprint density at radius 2 is 0.895 bits per heavy atom. The largest absolute Gasteiger partial charge is 0.398 e. The number of rotatable bonds is 2. The fourth-order valence-corrected chi connectivity index (χ4v) is 5.09. The number of nitrogens with two attached hydrogens (primary N) is 2. The first-order valence-corrected chi connectivity index (χ1v) is 12.4. The summed E-state index contributed by atoms with van der Waals surface area (Å²) in [6, 6.07) is 28.1. The van der Waals surface area contributed by atoms with Crippen LogP contribution >= 0.6 is 0 Å². The van der Waals surface area contributed by atoms with E-state index in [2.05, 4.69) is 22.1 Å². The lowest BCUT2D eigenvalue weighted by Gasteiger charge is -2.11. The van der Waals surface area contributed by atoms with E-state index >= 15 is 0 Å². The van der Waals surface area contributed by atoms with E-state index in [0.717, 1.165) is 67.1 Å². The molecule has 3 aromatic heterocycles. The molecule has 7 rings (SSSR count). The highest BCUT2D eigenvalue weighted by Gasteiger charge is 2.19. The van der Waals surface area contributed by atoms with Gasteiger partial charge in [-0.2, -0.15) is 0 Å². The SMILES string of the molecule is Nc1ccccc1-c1c(-c2ccccc2N)c2cc3nc(cc4ccc(cc5nc(cc1[nH]2)C=C5)[nH]4)C=C3. The molecule has 6 N–H and O–H groups in total. The minimum atomic E-state index is 0.685. The van der Waals surface area contributed by atoms with Crippen LogP contribution in [0, 0.1) is 0 Å². The predicted molar refractivity (Wildman–Crippen MR) is 159 cm³/mol. The van der Waals surface area contributed by atoms with Gasteiger partial charge in [-0.05, 0) is 72.8 Å². The lowest BCUT2D eigenvalue weighted by atomic mass is 9.94. The molecular formula is C32H24N6. The van der Waals surface area contributed by atoms with Crippen molar-refractivity contribution in [1.29, 1.82) is 0 Å². The highest BCUT2D eigenvalue weighted by molar-refractivity contribution is 6.07. The van der Waals surface area contributed by atoms with Crippen molar-refractivity contribution in [3.05, 3.63) is 108 Å². The first-order valence-electron chi connectivity index (χ1n) is 12.4. The fraction of sp³-hybridized carbons (Fsp3) is 0. The molecular weight excluding hydrogens is 468 g/mol. The van der Waals surface area contributed by atoms with Crippen molar-refractivity contribution in [3.63, 3.8) is 0 Å². The van der Waals surface area contributed by atoms with Gasteiger partial charge in [0.2, 0.25) is 0 Å². The van der Waals surface area contributed by atoms with Gasteiger partial charge in [0.05, 0.1) is 22.8 Å². The maximum atomic E-state index is 6.54. The Hall–Kier alpha value is -5.36. The molecule has 2 aliphatic rings. The lowest BCUT2D eigenvalue weighted by Crippen LogP contribution is -1.93. The van der Waals surface area contributed by atoms with Gasteiger partial charge >= 0.3 is 0 Å². The minimum absolute atomic E-state index is 0.685. The normalized spacial score (nSPS) is 12.2. The molecule has 5 aromatic rings. The monoisotopic (exact) mass is 492 g/mol. The zero-order valence-corrected chi connectivity index (χ0v) is 20.4. The molecule has 0 radical (unpaired) electrons. The van der Waals surface area contributed by atoms with Crippen LogP contribution in [-0.2, 0) is 0 Å². The number of hydrogen-bond acceptors (Lipinski definition) is 4. The summed E-state index contributed by atoms with van der Waals surface area (Å²) in [5, 5.41) is 0. The molecule has 0 saturated carbocycles. The molecule has 0 aliphatic carbocycles. The number of aromatic amines is 2. The van der Waals surface area contributed by atoms with Crippen molar-refractivity contribution < 1.29 is 0 Å². The van der Waals surface area contributed by atoms with Crippen LogP contribution in [0.5, 0.6) is 0 Å². The molecule has 38 heavy (non-hydrogen) atoms. The van der Waals surface area contributed by atoms with E-state index in [-0.39, 0.29) is 0 Å². The van der Waals surface area contributed by atoms with Gasteiger partial charge in [0.15, 0.2) is 0 Å². The van der Waals surface area contributed by atoms with Crippen LogP contribution in [0.2, 0.25) is 0 Å².